The highest BCUT2D eigenvalue weighted by Crippen LogP contribution is 2.22. The van der Waals surface area contributed by atoms with Crippen molar-refractivity contribution in [3.63, 3.8) is 0 Å². The van der Waals surface area contributed by atoms with Crippen LogP contribution in [0.2, 0.25) is 0 Å². The minimum Gasteiger partial charge on any atom is -0.494 e. The molecule has 0 aliphatic heterocycles. The number of aromatic nitrogens is 3. The molecule has 2 heterocycles. The molecule has 0 radical (unpaired) electrons. The summed E-state index contributed by atoms with van der Waals surface area (Å²) in [7, 11) is 0. The first-order chi connectivity index (χ1) is 17.1. The number of carbonyl (C=O) groups excluding carboxylic acids is 1. The minimum absolute atomic E-state index is 0.178. The lowest BCUT2D eigenvalue weighted by molar-refractivity contribution is 0.102. The van der Waals surface area contributed by atoms with Gasteiger partial charge in [0.05, 0.1) is 6.61 Å². The van der Waals surface area contributed by atoms with E-state index in [0.717, 1.165) is 24.3 Å². The first kappa shape index (κ1) is 23.7. The fourth-order valence-electron chi connectivity index (χ4n) is 3.29. The van der Waals surface area contributed by atoms with E-state index >= 15 is 0 Å². The third-order valence-corrected chi connectivity index (χ3v) is 5.06. The highest BCUT2D eigenvalue weighted by Gasteiger charge is 2.08. The second-order valence-corrected chi connectivity index (χ2v) is 7.91. The highest BCUT2D eigenvalue weighted by atomic mass is 16.5. The quantitative estimate of drug-likeness (QED) is 0.242. The van der Waals surface area contributed by atoms with Gasteiger partial charge in [0.2, 0.25) is 0 Å². The fourth-order valence-corrected chi connectivity index (χ4v) is 3.29. The number of unbranched alkanes of at least 4 members (excludes halogenated alkanes) is 1. The molecule has 4 rings (SSSR count). The van der Waals surface area contributed by atoms with Crippen molar-refractivity contribution in [2.75, 3.05) is 22.6 Å². The Morgan fingerprint density at radius 2 is 1.57 bits per heavy atom. The predicted octanol–water partition coefficient (Wildman–Crippen LogP) is 6.10. The number of anilines is 5. The summed E-state index contributed by atoms with van der Waals surface area (Å²) in [5.74, 6) is 3.21. The number of nitrogens with one attached hydrogen (secondary N) is 3. The lowest BCUT2D eigenvalue weighted by Gasteiger charge is -2.11. The second-order valence-electron chi connectivity index (χ2n) is 7.91. The molecule has 0 aliphatic rings. The van der Waals surface area contributed by atoms with Crippen LogP contribution in [0, 0.1) is 6.92 Å². The molecule has 0 unspecified atom stereocenters. The topological polar surface area (TPSA) is 101 Å². The molecule has 0 bridgehead atoms. The van der Waals surface area contributed by atoms with Crippen molar-refractivity contribution >= 4 is 34.7 Å². The van der Waals surface area contributed by atoms with Crippen LogP contribution in [-0.4, -0.2) is 27.5 Å². The molecule has 3 N–H and O–H groups in total. The van der Waals surface area contributed by atoms with Crippen LogP contribution < -0.4 is 20.7 Å². The van der Waals surface area contributed by atoms with E-state index in [1.807, 2.05) is 67.6 Å². The molecule has 2 aromatic heterocycles. The average molecular weight is 469 g/mol. The Bertz CT molecular complexity index is 1250. The number of amides is 1. The van der Waals surface area contributed by atoms with Crippen LogP contribution in [-0.2, 0) is 0 Å². The SMILES string of the molecule is CCCCOc1ccc(C(=O)Nc2ccc(Nc3cc(Nc4ccccn4)nc(C)n3)cc2)cc1. The molecule has 0 fully saturated rings. The van der Waals surface area contributed by atoms with Crippen LogP contribution in [0.15, 0.2) is 79.0 Å². The number of ether oxygens (including phenoxy) is 1. The van der Waals surface area contributed by atoms with Gasteiger partial charge in [-0.2, -0.15) is 0 Å². The molecule has 0 atom stereocenters. The van der Waals surface area contributed by atoms with Crippen LogP contribution in [0.25, 0.3) is 0 Å². The van der Waals surface area contributed by atoms with Gasteiger partial charge in [-0.3, -0.25) is 4.79 Å². The van der Waals surface area contributed by atoms with Gasteiger partial charge >= 0.3 is 0 Å². The monoisotopic (exact) mass is 468 g/mol. The average Bonchev–Trinajstić information content (AvgIpc) is 2.86. The molecule has 0 saturated carbocycles. The van der Waals surface area contributed by atoms with Gasteiger partial charge < -0.3 is 20.7 Å². The lowest BCUT2D eigenvalue weighted by Crippen LogP contribution is -2.11. The number of nitrogens with zero attached hydrogens (tertiary/aromatic N) is 3. The summed E-state index contributed by atoms with van der Waals surface area (Å²) in [6.45, 7) is 4.63. The molecule has 4 aromatic rings. The minimum atomic E-state index is -0.178. The normalized spacial score (nSPS) is 10.5. The number of carbonyl (C=O) groups is 1. The number of rotatable bonds is 10. The summed E-state index contributed by atoms with van der Waals surface area (Å²) < 4.78 is 5.65. The first-order valence-electron chi connectivity index (χ1n) is 11.5. The van der Waals surface area contributed by atoms with Crippen molar-refractivity contribution in [3.8, 4) is 5.75 Å². The van der Waals surface area contributed by atoms with Gasteiger partial charge in [-0.05, 0) is 74.0 Å². The summed E-state index contributed by atoms with van der Waals surface area (Å²) >= 11 is 0. The summed E-state index contributed by atoms with van der Waals surface area (Å²) in [6, 6.07) is 22.0. The Kier molecular flexibility index (Phi) is 7.85. The van der Waals surface area contributed by atoms with Crippen molar-refractivity contribution in [2.45, 2.75) is 26.7 Å². The van der Waals surface area contributed by atoms with Crippen molar-refractivity contribution in [1.29, 1.82) is 0 Å². The third-order valence-electron chi connectivity index (χ3n) is 5.06. The van der Waals surface area contributed by atoms with Gasteiger partial charge in [0.15, 0.2) is 0 Å². The second kappa shape index (κ2) is 11.6. The third kappa shape index (κ3) is 7.01. The summed E-state index contributed by atoms with van der Waals surface area (Å²) in [5, 5.41) is 9.36. The van der Waals surface area contributed by atoms with E-state index in [9.17, 15) is 4.79 Å². The standard InChI is InChI=1S/C27H28N6O2/c1-3-4-17-35-23-14-8-20(9-15-23)27(34)32-22-12-10-21(11-13-22)31-25-18-26(30-19(2)29-25)33-24-7-5-6-16-28-24/h5-16,18H,3-4,17H2,1-2H3,(H,32,34)(H2,28,29,30,31,33). The van der Waals surface area contributed by atoms with Crippen LogP contribution >= 0.6 is 0 Å². The molecule has 0 spiro atoms. The Balaban J connectivity index is 1.35. The molecule has 8 heteroatoms. The first-order valence-corrected chi connectivity index (χ1v) is 11.5. The number of benzene rings is 2. The van der Waals surface area contributed by atoms with Gasteiger partial charge in [0.25, 0.3) is 5.91 Å². The fraction of sp³-hybridized carbons (Fsp3) is 0.185. The molecule has 178 valence electrons. The van der Waals surface area contributed by atoms with E-state index in [1.54, 1.807) is 18.3 Å². The largest absolute Gasteiger partial charge is 0.494 e. The number of pyridine rings is 1. The lowest BCUT2D eigenvalue weighted by atomic mass is 10.2. The number of hydrogen-bond acceptors (Lipinski definition) is 7. The smallest absolute Gasteiger partial charge is 0.255 e. The molecule has 35 heavy (non-hydrogen) atoms. The van der Waals surface area contributed by atoms with Crippen molar-refractivity contribution in [1.82, 2.24) is 15.0 Å². The molecule has 1 amide bonds. The Hall–Kier alpha value is -4.46. The number of hydrogen-bond donors (Lipinski definition) is 3. The van der Waals surface area contributed by atoms with Gasteiger partial charge in [-0.1, -0.05) is 19.4 Å². The van der Waals surface area contributed by atoms with Crippen molar-refractivity contribution in [2.24, 2.45) is 0 Å². The molecule has 8 nitrogen and oxygen atoms in total. The van der Waals surface area contributed by atoms with Crippen LogP contribution in [0.1, 0.15) is 35.9 Å². The van der Waals surface area contributed by atoms with Gasteiger partial charge in [0, 0.05) is 29.2 Å². The van der Waals surface area contributed by atoms with Gasteiger partial charge in [0.1, 0.15) is 29.0 Å². The number of aryl methyl sites for hydroxylation is 1. The van der Waals surface area contributed by atoms with Crippen LogP contribution in [0.3, 0.4) is 0 Å². The van der Waals surface area contributed by atoms with E-state index in [0.29, 0.717) is 41.1 Å². The Labute approximate surface area is 204 Å². The molecule has 0 aliphatic carbocycles. The van der Waals surface area contributed by atoms with E-state index in [2.05, 4.69) is 37.8 Å². The van der Waals surface area contributed by atoms with E-state index in [-0.39, 0.29) is 5.91 Å². The van der Waals surface area contributed by atoms with E-state index in [1.165, 1.54) is 0 Å². The molecule has 2 aromatic carbocycles. The Morgan fingerprint density at radius 1 is 0.857 bits per heavy atom. The van der Waals surface area contributed by atoms with Gasteiger partial charge in [-0.25, -0.2) is 15.0 Å². The maximum absolute atomic E-state index is 12.6. The summed E-state index contributed by atoms with van der Waals surface area (Å²) in [5.41, 5.74) is 2.10. The maximum atomic E-state index is 12.6. The summed E-state index contributed by atoms with van der Waals surface area (Å²) in [4.78, 5) is 25.7. The van der Waals surface area contributed by atoms with E-state index < -0.39 is 0 Å². The van der Waals surface area contributed by atoms with Crippen LogP contribution in [0.5, 0.6) is 5.75 Å². The van der Waals surface area contributed by atoms with Crippen molar-refractivity contribution in [3.05, 3.63) is 90.4 Å². The zero-order valence-corrected chi connectivity index (χ0v) is 19.8. The molecule has 0 saturated heterocycles. The van der Waals surface area contributed by atoms with Crippen LogP contribution in [0.4, 0.5) is 28.8 Å². The Morgan fingerprint density at radius 3 is 2.26 bits per heavy atom. The maximum Gasteiger partial charge on any atom is 0.255 e. The molecular formula is C27H28N6O2. The van der Waals surface area contributed by atoms with E-state index in [4.69, 9.17) is 4.74 Å². The predicted molar refractivity (Wildman–Crippen MR) is 139 cm³/mol. The molecular weight excluding hydrogens is 440 g/mol. The zero-order valence-electron chi connectivity index (χ0n) is 19.8. The van der Waals surface area contributed by atoms with Crippen molar-refractivity contribution < 1.29 is 9.53 Å². The zero-order chi connectivity index (χ0) is 24.5. The van der Waals surface area contributed by atoms with Gasteiger partial charge in [-0.15, -0.1) is 0 Å². The summed E-state index contributed by atoms with van der Waals surface area (Å²) in [6.07, 6.45) is 3.80. The highest BCUT2D eigenvalue weighted by molar-refractivity contribution is 6.04.